The molecule has 0 unspecified atom stereocenters. The third-order valence-corrected chi connectivity index (χ3v) is 14.5. The van der Waals surface area contributed by atoms with Crippen molar-refractivity contribution in [3.05, 3.63) is 34.0 Å². The average Bonchev–Trinajstić information content (AvgIpc) is 3.59. The SMILES string of the molecule is CC1(C)[C@@H]2CC[C@@]1(C)C(=O)/C2=C(/[O-])C(F)(F)F.CC1(C)[C@@H]2CC[C@@]1(C)C(=O)/C2=C(\[O-])C(F)(F)F.CC1(C)[C@@H]2CC[C@@]1(C)C(=O)/C2=C(\[O-])C(F)(F)F.[Eu+3]. The molecule has 52 heavy (non-hydrogen) atoms. The molecule has 6 saturated carbocycles. The van der Waals surface area contributed by atoms with Crippen molar-refractivity contribution in [3.8, 4) is 0 Å². The molecule has 0 spiro atoms. The van der Waals surface area contributed by atoms with E-state index < -0.39 is 120 Å². The quantitative estimate of drug-likeness (QED) is 0.154. The second-order valence-corrected chi connectivity index (χ2v) is 17.1. The van der Waals surface area contributed by atoms with E-state index >= 15 is 0 Å². The van der Waals surface area contributed by atoms with E-state index in [2.05, 4.69) is 0 Å². The number of Topliss-reactive ketones (excluding diaryl/α,β-unsaturated/α-hetero) is 3. The molecular weight excluding hydrogens is 851 g/mol. The van der Waals surface area contributed by atoms with Crippen LogP contribution in [-0.4, -0.2) is 35.9 Å². The molecular formula is C36H42EuF9O6. The first-order valence-corrected chi connectivity index (χ1v) is 16.7. The molecule has 0 aromatic rings. The van der Waals surface area contributed by atoms with Crippen LogP contribution in [0, 0.1) is 99.6 Å². The molecule has 6 bridgehead atoms. The van der Waals surface area contributed by atoms with Crippen molar-refractivity contribution in [2.45, 2.75) is 119 Å². The molecule has 0 heterocycles. The first kappa shape index (κ1) is 45.0. The Morgan fingerprint density at radius 2 is 0.635 bits per heavy atom. The van der Waals surface area contributed by atoms with Crippen molar-refractivity contribution in [1.29, 1.82) is 0 Å². The van der Waals surface area contributed by atoms with E-state index in [1.54, 1.807) is 62.3 Å². The summed E-state index contributed by atoms with van der Waals surface area (Å²) >= 11 is 0. The Morgan fingerprint density at radius 3 is 0.750 bits per heavy atom. The van der Waals surface area contributed by atoms with Gasteiger partial charge in [-0.15, -0.1) is 0 Å². The van der Waals surface area contributed by atoms with Crippen LogP contribution in [-0.2, 0) is 14.4 Å². The summed E-state index contributed by atoms with van der Waals surface area (Å²) in [4.78, 5) is 36.1. The van der Waals surface area contributed by atoms with E-state index in [9.17, 15) is 69.2 Å². The van der Waals surface area contributed by atoms with E-state index in [4.69, 9.17) is 0 Å². The number of hydrogen-bond donors (Lipinski definition) is 0. The fourth-order valence-corrected chi connectivity index (χ4v) is 9.84. The van der Waals surface area contributed by atoms with Gasteiger partial charge in [0.15, 0.2) is 17.3 Å². The van der Waals surface area contributed by atoms with Crippen molar-refractivity contribution in [1.82, 2.24) is 0 Å². The van der Waals surface area contributed by atoms with Gasteiger partial charge in [-0.25, -0.2) is 0 Å². The third-order valence-electron chi connectivity index (χ3n) is 14.5. The summed E-state index contributed by atoms with van der Waals surface area (Å²) in [5.41, 5.74) is -5.65. The number of fused-ring (bicyclic) bond motifs is 6. The van der Waals surface area contributed by atoms with Gasteiger partial charge < -0.3 is 15.3 Å². The minimum atomic E-state index is -4.94. The predicted octanol–water partition coefficient (Wildman–Crippen LogP) is 6.56. The molecule has 0 aromatic heterocycles. The molecule has 16 heteroatoms. The first-order valence-electron chi connectivity index (χ1n) is 16.7. The Hall–Kier alpha value is -1.42. The zero-order valence-corrected chi connectivity index (χ0v) is 32.6. The van der Waals surface area contributed by atoms with Crippen LogP contribution in [0.2, 0.25) is 0 Å². The van der Waals surface area contributed by atoms with Crippen molar-refractivity contribution in [3.63, 3.8) is 0 Å². The number of carbonyl (C=O) groups excluding carboxylic acids is 3. The molecule has 6 atom stereocenters. The molecule has 6 nitrogen and oxygen atoms in total. The average molecular weight is 894 g/mol. The number of carbonyl (C=O) groups is 3. The van der Waals surface area contributed by atoms with Gasteiger partial charge in [0.05, 0.1) is 0 Å². The normalized spacial score (nSPS) is 38.0. The zero-order chi connectivity index (χ0) is 39.7. The minimum Gasteiger partial charge on any atom is -0.869 e. The van der Waals surface area contributed by atoms with Crippen molar-refractivity contribution in [2.75, 3.05) is 0 Å². The molecule has 0 aliphatic heterocycles. The number of allylic oxidation sites excluding steroid dienone is 6. The predicted molar refractivity (Wildman–Crippen MR) is 158 cm³/mol. The summed E-state index contributed by atoms with van der Waals surface area (Å²) in [6, 6.07) is 0. The maximum Gasteiger partial charge on any atom is 3.00 e. The van der Waals surface area contributed by atoms with E-state index in [-0.39, 0.29) is 49.4 Å². The Labute approximate surface area is 337 Å². The Kier molecular flexibility index (Phi) is 11.3. The van der Waals surface area contributed by atoms with Crippen LogP contribution < -0.4 is 15.3 Å². The van der Waals surface area contributed by atoms with Gasteiger partial charge in [0.2, 0.25) is 0 Å². The molecule has 0 aromatic carbocycles. The number of halogens is 9. The van der Waals surface area contributed by atoms with Crippen LogP contribution in [0.4, 0.5) is 39.5 Å². The molecule has 0 saturated heterocycles. The molecule has 6 aliphatic carbocycles. The molecule has 0 amide bonds. The smallest absolute Gasteiger partial charge is 0.869 e. The fraction of sp³-hybridized carbons (Fsp3) is 0.750. The Balaban J connectivity index is 0.000000208. The summed E-state index contributed by atoms with van der Waals surface area (Å²) in [5.74, 6) is -9.25. The molecule has 6 aliphatic rings. The zero-order valence-electron chi connectivity index (χ0n) is 30.2. The fourth-order valence-electron chi connectivity index (χ4n) is 9.84. The van der Waals surface area contributed by atoms with E-state index in [0.717, 1.165) is 0 Å². The number of rotatable bonds is 0. The standard InChI is InChI=1S/3C12H15F3O2.Eu/c3*1-10(2)6-4-5-11(10,3)8(16)7(6)9(17)12(13,14)15;/h3*6,17H,4-5H2,1-3H3;/q;;;+3/p-3/b9-7+;2*9-7-;/t3*6-,11+;/m111./s1. The molecule has 292 valence electrons. The number of alkyl halides is 9. The molecule has 0 radical (unpaired) electrons. The van der Waals surface area contributed by atoms with Gasteiger partial charge >= 0.3 is 67.9 Å². The maximum absolute atomic E-state index is 12.5. The molecule has 6 rings (SSSR count). The maximum atomic E-state index is 12.5. The third kappa shape index (κ3) is 6.16. The Morgan fingerprint density at radius 1 is 0.462 bits per heavy atom. The summed E-state index contributed by atoms with van der Waals surface area (Å²) in [7, 11) is 0. The summed E-state index contributed by atoms with van der Waals surface area (Å²) in [6.45, 7) is 15.7. The second-order valence-electron chi connectivity index (χ2n) is 17.1. The topological polar surface area (TPSA) is 120 Å². The van der Waals surface area contributed by atoms with E-state index in [1.807, 2.05) is 0 Å². The van der Waals surface area contributed by atoms with Crippen molar-refractivity contribution < 1.29 is 119 Å². The van der Waals surface area contributed by atoms with Gasteiger partial charge in [0, 0.05) is 16.2 Å². The van der Waals surface area contributed by atoms with E-state index in [0.29, 0.717) is 38.5 Å². The van der Waals surface area contributed by atoms with Gasteiger partial charge in [-0.2, -0.15) is 39.5 Å². The number of ketones is 3. The van der Waals surface area contributed by atoms with Gasteiger partial charge in [-0.05, 0) is 107 Å². The molecule has 0 N–H and O–H groups in total. The van der Waals surface area contributed by atoms with Crippen LogP contribution in [0.3, 0.4) is 0 Å². The Bertz CT molecular complexity index is 1460. The van der Waals surface area contributed by atoms with Crippen LogP contribution in [0.15, 0.2) is 34.0 Å². The van der Waals surface area contributed by atoms with Gasteiger partial charge in [0.25, 0.3) is 0 Å². The number of hydrogen-bond acceptors (Lipinski definition) is 6. The monoisotopic (exact) mass is 894 g/mol. The minimum absolute atomic E-state index is 0. The van der Waals surface area contributed by atoms with Gasteiger partial charge in [-0.3, -0.25) is 14.4 Å². The van der Waals surface area contributed by atoms with Gasteiger partial charge in [-0.1, -0.05) is 62.3 Å². The molecule has 6 fully saturated rings. The van der Waals surface area contributed by atoms with Crippen LogP contribution in [0.1, 0.15) is 101 Å². The van der Waals surface area contributed by atoms with Crippen molar-refractivity contribution in [2.24, 2.45) is 50.2 Å². The van der Waals surface area contributed by atoms with Crippen LogP contribution >= 0.6 is 0 Å². The summed E-state index contributed by atoms with van der Waals surface area (Å²) in [6.07, 6.45) is -11.6. The van der Waals surface area contributed by atoms with Crippen molar-refractivity contribution >= 4 is 17.3 Å². The van der Waals surface area contributed by atoms with Crippen LogP contribution in [0.5, 0.6) is 0 Å². The van der Waals surface area contributed by atoms with Gasteiger partial charge in [0.1, 0.15) is 0 Å². The van der Waals surface area contributed by atoms with Crippen LogP contribution in [0.25, 0.3) is 0 Å². The van der Waals surface area contributed by atoms with E-state index in [1.165, 1.54) is 0 Å². The largest absolute Gasteiger partial charge is 3.00 e. The first-order chi connectivity index (χ1) is 22.6. The summed E-state index contributed by atoms with van der Waals surface area (Å²) < 4.78 is 112. The summed E-state index contributed by atoms with van der Waals surface area (Å²) in [5, 5.41) is 33.9. The second kappa shape index (κ2) is 13.1.